The van der Waals surface area contributed by atoms with Gasteiger partial charge < -0.3 is 18.9 Å². The van der Waals surface area contributed by atoms with Crippen molar-refractivity contribution < 1.29 is 28.5 Å². The summed E-state index contributed by atoms with van der Waals surface area (Å²) in [5, 5.41) is 0. The van der Waals surface area contributed by atoms with Gasteiger partial charge in [-0.25, -0.2) is 9.59 Å². The van der Waals surface area contributed by atoms with Crippen LogP contribution >= 0.6 is 0 Å². The normalized spacial score (nSPS) is 10.3. The first-order chi connectivity index (χ1) is 15.7. The molecule has 0 aliphatic carbocycles. The van der Waals surface area contributed by atoms with Gasteiger partial charge in [0.2, 0.25) is 0 Å². The molecular formula is C26H26O6. The van der Waals surface area contributed by atoms with Gasteiger partial charge in [-0.1, -0.05) is 31.5 Å². The second kappa shape index (κ2) is 12.2. The zero-order chi connectivity index (χ0) is 22.6. The quantitative estimate of drug-likeness (QED) is 0.231. The van der Waals surface area contributed by atoms with Crippen LogP contribution in [0.1, 0.15) is 40.5 Å². The average Bonchev–Trinajstić information content (AvgIpc) is 2.83. The molecule has 0 fully saturated rings. The van der Waals surface area contributed by atoms with E-state index in [1.807, 2.05) is 30.3 Å². The van der Waals surface area contributed by atoms with Crippen LogP contribution in [0.4, 0.5) is 0 Å². The topological polar surface area (TPSA) is 71.1 Å². The predicted molar refractivity (Wildman–Crippen MR) is 120 cm³/mol. The highest BCUT2D eigenvalue weighted by Gasteiger charge is 2.11. The van der Waals surface area contributed by atoms with Gasteiger partial charge in [0.25, 0.3) is 0 Å². The molecule has 0 saturated heterocycles. The van der Waals surface area contributed by atoms with Gasteiger partial charge in [-0.05, 0) is 67.1 Å². The highest BCUT2D eigenvalue weighted by Crippen LogP contribution is 2.17. The number of carbonyl (C=O) groups excluding carboxylic acids is 2. The summed E-state index contributed by atoms with van der Waals surface area (Å²) < 4.78 is 21.6. The monoisotopic (exact) mass is 434 g/mol. The number of benzene rings is 3. The molecule has 0 unspecified atom stereocenters. The van der Waals surface area contributed by atoms with Crippen molar-refractivity contribution in [2.24, 2.45) is 0 Å². The van der Waals surface area contributed by atoms with Crippen LogP contribution in [-0.4, -0.2) is 31.8 Å². The summed E-state index contributed by atoms with van der Waals surface area (Å²) in [6.07, 6.45) is 2.04. The minimum Gasteiger partial charge on any atom is -0.494 e. The summed E-state index contributed by atoms with van der Waals surface area (Å²) in [4.78, 5) is 24.5. The maximum absolute atomic E-state index is 12.3. The predicted octanol–water partition coefficient (Wildman–Crippen LogP) is 5.32. The lowest BCUT2D eigenvalue weighted by molar-refractivity contribution is 0.0450. The molecule has 0 saturated carbocycles. The number of hydrogen-bond donors (Lipinski definition) is 0. The minimum atomic E-state index is -0.488. The van der Waals surface area contributed by atoms with Gasteiger partial charge in [0.15, 0.2) is 0 Å². The van der Waals surface area contributed by atoms with E-state index in [0.717, 1.165) is 12.8 Å². The summed E-state index contributed by atoms with van der Waals surface area (Å²) in [7, 11) is 0. The molecule has 3 aromatic rings. The third-order valence-corrected chi connectivity index (χ3v) is 4.49. The number of ether oxygens (including phenoxy) is 4. The largest absolute Gasteiger partial charge is 0.494 e. The van der Waals surface area contributed by atoms with E-state index in [4.69, 9.17) is 18.9 Å². The van der Waals surface area contributed by atoms with Crippen LogP contribution in [0.5, 0.6) is 17.2 Å². The van der Waals surface area contributed by atoms with Crippen LogP contribution in [-0.2, 0) is 4.74 Å². The van der Waals surface area contributed by atoms with Gasteiger partial charge in [0, 0.05) is 0 Å². The first kappa shape index (κ1) is 22.9. The Morgan fingerprint density at radius 2 is 1.19 bits per heavy atom. The standard InChI is InChI=1S/C26H26O6/c1-2-3-17-29-23-13-9-21(10-14-23)26(28)32-24-15-11-20(12-16-24)25(27)31-19-18-30-22-7-5-4-6-8-22/h4-16H,2-3,17-19H2,1H3. The SMILES string of the molecule is CCCCOc1ccc(C(=O)Oc2ccc(C(=O)OCCOc3ccccc3)cc2)cc1. The Kier molecular flexibility index (Phi) is 8.69. The molecule has 0 heterocycles. The van der Waals surface area contributed by atoms with E-state index in [1.54, 1.807) is 48.5 Å². The highest BCUT2D eigenvalue weighted by molar-refractivity contribution is 5.92. The molecule has 0 spiro atoms. The van der Waals surface area contributed by atoms with Crippen molar-refractivity contribution in [3.63, 3.8) is 0 Å². The lowest BCUT2D eigenvalue weighted by Crippen LogP contribution is -2.12. The van der Waals surface area contributed by atoms with Gasteiger partial charge in [0.1, 0.15) is 30.5 Å². The zero-order valence-corrected chi connectivity index (χ0v) is 18.0. The van der Waals surface area contributed by atoms with Crippen LogP contribution in [0, 0.1) is 0 Å². The smallest absolute Gasteiger partial charge is 0.343 e. The number of unbranched alkanes of at least 4 members (excludes halogenated alkanes) is 1. The summed E-state index contributed by atoms with van der Waals surface area (Å²) in [6.45, 7) is 3.13. The molecule has 0 amide bonds. The Hall–Kier alpha value is -3.80. The lowest BCUT2D eigenvalue weighted by Gasteiger charge is -2.09. The Morgan fingerprint density at radius 1 is 0.625 bits per heavy atom. The van der Waals surface area contributed by atoms with Crippen molar-refractivity contribution in [3.05, 3.63) is 90.0 Å². The van der Waals surface area contributed by atoms with E-state index in [9.17, 15) is 9.59 Å². The maximum atomic E-state index is 12.3. The van der Waals surface area contributed by atoms with Gasteiger partial charge in [0.05, 0.1) is 17.7 Å². The van der Waals surface area contributed by atoms with Gasteiger partial charge in [-0.2, -0.15) is 0 Å². The molecular weight excluding hydrogens is 408 g/mol. The number of carbonyl (C=O) groups is 2. The molecule has 0 N–H and O–H groups in total. The van der Waals surface area contributed by atoms with Crippen LogP contribution in [0.25, 0.3) is 0 Å². The molecule has 0 aliphatic heterocycles. The highest BCUT2D eigenvalue weighted by atomic mass is 16.6. The summed E-state index contributed by atoms with van der Waals surface area (Å²) in [5.41, 5.74) is 0.771. The second-order valence-corrected chi connectivity index (χ2v) is 6.94. The van der Waals surface area contributed by atoms with Crippen LogP contribution in [0.2, 0.25) is 0 Å². The molecule has 0 radical (unpaired) electrons. The molecule has 32 heavy (non-hydrogen) atoms. The summed E-state index contributed by atoms with van der Waals surface area (Å²) in [6, 6.07) is 22.3. The first-order valence-corrected chi connectivity index (χ1v) is 10.6. The molecule has 0 bridgehead atoms. The Morgan fingerprint density at radius 3 is 1.84 bits per heavy atom. The van der Waals surface area contributed by atoms with Crippen molar-refractivity contribution in [1.29, 1.82) is 0 Å². The third-order valence-electron chi connectivity index (χ3n) is 4.49. The van der Waals surface area contributed by atoms with Crippen molar-refractivity contribution in [3.8, 4) is 17.2 Å². The van der Waals surface area contributed by atoms with Gasteiger partial charge in [-0.3, -0.25) is 0 Å². The molecule has 0 atom stereocenters. The molecule has 3 rings (SSSR count). The van der Waals surface area contributed by atoms with E-state index in [-0.39, 0.29) is 13.2 Å². The number of esters is 2. The fourth-order valence-electron chi connectivity index (χ4n) is 2.74. The van der Waals surface area contributed by atoms with Crippen molar-refractivity contribution in [1.82, 2.24) is 0 Å². The van der Waals surface area contributed by atoms with Crippen LogP contribution in [0.15, 0.2) is 78.9 Å². The Labute approximate surface area is 187 Å². The van der Waals surface area contributed by atoms with E-state index in [2.05, 4.69) is 6.92 Å². The van der Waals surface area contributed by atoms with Crippen LogP contribution in [0.3, 0.4) is 0 Å². The number of hydrogen-bond acceptors (Lipinski definition) is 6. The van der Waals surface area contributed by atoms with Crippen LogP contribution < -0.4 is 14.2 Å². The molecule has 3 aromatic carbocycles. The van der Waals surface area contributed by atoms with Gasteiger partial charge in [-0.15, -0.1) is 0 Å². The number of para-hydroxylation sites is 1. The third kappa shape index (κ3) is 7.16. The average molecular weight is 434 g/mol. The summed E-state index contributed by atoms with van der Waals surface area (Å²) >= 11 is 0. The Balaban J connectivity index is 1.44. The van der Waals surface area contributed by atoms with E-state index in [0.29, 0.717) is 35.0 Å². The molecule has 6 heteroatoms. The number of rotatable bonds is 11. The van der Waals surface area contributed by atoms with E-state index in [1.165, 1.54) is 0 Å². The fourth-order valence-corrected chi connectivity index (χ4v) is 2.74. The van der Waals surface area contributed by atoms with E-state index < -0.39 is 11.9 Å². The second-order valence-electron chi connectivity index (χ2n) is 6.94. The molecule has 166 valence electrons. The first-order valence-electron chi connectivity index (χ1n) is 10.6. The zero-order valence-electron chi connectivity index (χ0n) is 18.0. The van der Waals surface area contributed by atoms with Gasteiger partial charge >= 0.3 is 11.9 Å². The van der Waals surface area contributed by atoms with Crippen molar-refractivity contribution >= 4 is 11.9 Å². The molecule has 0 aliphatic rings. The molecule has 6 nitrogen and oxygen atoms in total. The molecule has 0 aromatic heterocycles. The summed E-state index contributed by atoms with van der Waals surface area (Å²) in [5.74, 6) is 0.805. The maximum Gasteiger partial charge on any atom is 0.343 e. The minimum absolute atomic E-state index is 0.128. The fraction of sp³-hybridized carbons (Fsp3) is 0.231. The van der Waals surface area contributed by atoms with E-state index >= 15 is 0 Å². The lowest BCUT2D eigenvalue weighted by atomic mass is 10.2. The van der Waals surface area contributed by atoms with Crippen molar-refractivity contribution in [2.75, 3.05) is 19.8 Å². The Bertz CT molecular complexity index is 981. The van der Waals surface area contributed by atoms with Crippen molar-refractivity contribution in [2.45, 2.75) is 19.8 Å².